The largest absolute Gasteiger partial charge is 0.356 e. The highest BCUT2D eigenvalue weighted by atomic mass is 19.3. The topological polar surface area (TPSA) is 12.5 Å². The summed E-state index contributed by atoms with van der Waals surface area (Å²) < 4.78 is 33.0. The molecular weight excluding hydrogens is 320 g/mol. The summed E-state index contributed by atoms with van der Waals surface area (Å²) in [5.74, 6) is -1.98. The Morgan fingerprint density at radius 1 is 1.08 bits per heavy atom. The van der Waals surface area contributed by atoms with Gasteiger partial charge in [0.2, 0.25) is 5.92 Å². The molecule has 0 aromatic heterocycles. The summed E-state index contributed by atoms with van der Waals surface area (Å²) in [5.41, 5.74) is 0.968. The lowest BCUT2D eigenvalue weighted by molar-refractivity contribution is -0.172. The minimum absolute atomic E-state index is 0.0689. The maximum absolute atomic E-state index is 13.3. The normalized spacial score (nSPS) is 28.1. The number of benzene rings is 1. The van der Waals surface area contributed by atoms with Crippen molar-refractivity contribution in [3.63, 3.8) is 0 Å². The molecule has 1 heterocycles. The predicted molar refractivity (Wildman–Crippen MR) is 96.6 cm³/mol. The molecule has 0 amide bonds. The van der Waals surface area contributed by atoms with Crippen LogP contribution in [0.2, 0.25) is 0 Å². The van der Waals surface area contributed by atoms with Gasteiger partial charge in [0.25, 0.3) is 0 Å². The summed E-state index contributed by atoms with van der Waals surface area (Å²) in [6.07, 6.45) is 5.93. The second-order valence-electron chi connectivity index (χ2n) is 7.98. The molecule has 140 valence electrons. The second-order valence-corrected chi connectivity index (χ2v) is 7.98. The highest BCUT2D eigenvalue weighted by Gasteiger charge is 2.37. The van der Waals surface area contributed by atoms with Crippen LogP contribution in [-0.2, 0) is 11.3 Å². The summed E-state index contributed by atoms with van der Waals surface area (Å²) in [7, 11) is 0. The van der Waals surface area contributed by atoms with Crippen molar-refractivity contribution in [2.75, 3.05) is 13.1 Å². The molecule has 2 fully saturated rings. The molecule has 1 aromatic carbocycles. The number of nitrogens with zero attached hydrogens (tertiary/aromatic N) is 1. The summed E-state index contributed by atoms with van der Waals surface area (Å²) in [4.78, 5) is 2.45. The fourth-order valence-corrected chi connectivity index (χ4v) is 4.20. The number of hydrogen-bond donors (Lipinski definition) is 0. The molecule has 1 aromatic rings. The zero-order valence-electron chi connectivity index (χ0n) is 15.4. The quantitative estimate of drug-likeness (QED) is 0.659. The van der Waals surface area contributed by atoms with Crippen LogP contribution in [0.1, 0.15) is 63.9 Å². The van der Waals surface area contributed by atoms with Crippen molar-refractivity contribution in [2.24, 2.45) is 5.92 Å². The zero-order valence-corrected chi connectivity index (χ0v) is 15.4. The lowest BCUT2D eigenvalue weighted by Crippen LogP contribution is -2.52. The molecule has 4 heteroatoms. The average molecular weight is 351 g/mol. The van der Waals surface area contributed by atoms with Crippen molar-refractivity contribution in [2.45, 2.75) is 76.5 Å². The van der Waals surface area contributed by atoms with E-state index in [0.29, 0.717) is 25.4 Å². The number of rotatable bonds is 6. The van der Waals surface area contributed by atoms with E-state index < -0.39 is 5.92 Å². The number of hydrogen-bond acceptors (Lipinski definition) is 2. The Kier molecular flexibility index (Phi) is 6.11. The standard InChI is InChI=1S/C21H31F2NO/c1-20(25-17-19-7-3-2-4-8-19)12-5-6-15-24(20)16-11-18-9-13-21(22,23)14-10-18/h2-4,7-8,18H,5-6,9-17H2,1H3. The van der Waals surface area contributed by atoms with Gasteiger partial charge in [-0.05, 0) is 56.9 Å². The van der Waals surface area contributed by atoms with Crippen LogP contribution in [0.15, 0.2) is 30.3 Å². The smallest absolute Gasteiger partial charge is 0.248 e. The molecule has 0 N–H and O–H groups in total. The van der Waals surface area contributed by atoms with Gasteiger partial charge in [-0.15, -0.1) is 0 Å². The highest BCUT2D eigenvalue weighted by Crippen LogP contribution is 2.38. The number of halogens is 2. The molecule has 25 heavy (non-hydrogen) atoms. The van der Waals surface area contributed by atoms with Gasteiger partial charge in [0, 0.05) is 25.9 Å². The summed E-state index contributed by atoms with van der Waals surface area (Å²) >= 11 is 0. The first-order chi connectivity index (χ1) is 12.0. The monoisotopic (exact) mass is 351 g/mol. The molecular formula is C21H31F2NO. The van der Waals surface area contributed by atoms with E-state index in [2.05, 4.69) is 24.0 Å². The van der Waals surface area contributed by atoms with Gasteiger partial charge in [0.15, 0.2) is 0 Å². The third-order valence-electron chi connectivity index (χ3n) is 6.02. The number of alkyl halides is 2. The van der Waals surface area contributed by atoms with Crippen molar-refractivity contribution < 1.29 is 13.5 Å². The molecule has 2 nitrogen and oxygen atoms in total. The molecule has 1 saturated heterocycles. The van der Waals surface area contributed by atoms with Gasteiger partial charge in [0.05, 0.1) is 6.61 Å². The van der Waals surface area contributed by atoms with E-state index in [1.54, 1.807) is 0 Å². The fourth-order valence-electron chi connectivity index (χ4n) is 4.20. The van der Waals surface area contributed by atoms with Gasteiger partial charge in [0.1, 0.15) is 5.72 Å². The minimum atomic E-state index is -2.42. The van der Waals surface area contributed by atoms with Crippen LogP contribution in [-0.4, -0.2) is 29.6 Å². The minimum Gasteiger partial charge on any atom is -0.356 e. The molecule has 1 aliphatic carbocycles. The predicted octanol–water partition coefficient (Wildman–Crippen LogP) is 5.62. The SMILES string of the molecule is CC1(OCc2ccccc2)CCCCN1CCC1CCC(F)(F)CC1. The Morgan fingerprint density at radius 2 is 1.80 bits per heavy atom. The Hall–Kier alpha value is -1.00. The van der Waals surface area contributed by atoms with E-state index in [1.807, 2.05) is 18.2 Å². The Balaban J connectivity index is 1.51. The van der Waals surface area contributed by atoms with E-state index in [-0.39, 0.29) is 18.6 Å². The van der Waals surface area contributed by atoms with Crippen molar-refractivity contribution in [1.29, 1.82) is 0 Å². The maximum atomic E-state index is 13.3. The van der Waals surface area contributed by atoms with Crippen molar-refractivity contribution in [3.05, 3.63) is 35.9 Å². The fraction of sp³-hybridized carbons (Fsp3) is 0.714. The summed E-state index contributed by atoms with van der Waals surface area (Å²) in [5, 5.41) is 0. The molecule has 0 spiro atoms. The molecule has 0 radical (unpaired) electrons. The van der Waals surface area contributed by atoms with E-state index in [4.69, 9.17) is 4.74 Å². The van der Waals surface area contributed by atoms with Crippen molar-refractivity contribution >= 4 is 0 Å². The molecule has 1 aliphatic heterocycles. The average Bonchev–Trinajstić information content (AvgIpc) is 2.61. The third-order valence-corrected chi connectivity index (χ3v) is 6.02. The molecule has 3 rings (SSSR count). The number of ether oxygens (including phenoxy) is 1. The van der Waals surface area contributed by atoms with Gasteiger partial charge in [-0.25, -0.2) is 8.78 Å². The Bertz CT molecular complexity index is 526. The van der Waals surface area contributed by atoms with Crippen LogP contribution < -0.4 is 0 Å². The first-order valence-electron chi connectivity index (χ1n) is 9.78. The number of likely N-dealkylation sites (tertiary alicyclic amines) is 1. The van der Waals surface area contributed by atoms with E-state index in [0.717, 1.165) is 25.9 Å². The summed E-state index contributed by atoms with van der Waals surface area (Å²) in [6.45, 7) is 4.84. The van der Waals surface area contributed by atoms with Crippen LogP contribution in [0.4, 0.5) is 8.78 Å². The first-order valence-corrected chi connectivity index (χ1v) is 9.78. The molecule has 1 unspecified atom stereocenters. The van der Waals surface area contributed by atoms with Gasteiger partial charge in [-0.2, -0.15) is 0 Å². The summed E-state index contributed by atoms with van der Waals surface area (Å²) in [6, 6.07) is 10.3. The lowest BCUT2D eigenvalue weighted by atomic mass is 9.84. The lowest BCUT2D eigenvalue weighted by Gasteiger charge is -2.45. The van der Waals surface area contributed by atoms with Gasteiger partial charge in [-0.3, -0.25) is 4.90 Å². The first kappa shape index (κ1) is 18.8. The van der Waals surface area contributed by atoms with Crippen molar-refractivity contribution in [1.82, 2.24) is 4.90 Å². The Labute approximate surface area is 150 Å². The second kappa shape index (κ2) is 8.13. The molecule has 1 saturated carbocycles. The molecule has 1 atom stereocenters. The van der Waals surface area contributed by atoms with Crippen LogP contribution >= 0.6 is 0 Å². The van der Waals surface area contributed by atoms with Gasteiger partial charge in [-0.1, -0.05) is 30.3 Å². The third kappa shape index (κ3) is 5.24. The molecule has 2 aliphatic rings. The van der Waals surface area contributed by atoms with E-state index in [1.165, 1.54) is 18.4 Å². The van der Waals surface area contributed by atoms with E-state index >= 15 is 0 Å². The zero-order chi connectivity index (χ0) is 17.8. The molecule has 0 bridgehead atoms. The van der Waals surface area contributed by atoms with Crippen LogP contribution in [0.25, 0.3) is 0 Å². The van der Waals surface area contributed by atoms with Gasteiger partial charge >= 0.3 is 0 Å². The highest BCUT2D eigenvalue weighted by molar-refractivity contribution is 5.13. The van der Waals surface area contributed by atoms with Crippen LogP contribution in [0.3, 0.4) is 0 Å². The van der Waals surface area contributed by atoms with Crippen LogP contribution in [0.5, 0.6) is 0 Å². The van der Waals surface area contributed by atoms with Crippen LogP contribution in [0, 0.1) is 5.92 Å². The van der Waals surface area contributed by atoms with Gasteiger partial charge < -0.3 is 4.74 Å². The van der Waals surface area contributed by atoms with E-state index in [9.17, 15) is 8.78 Å². The Morgan fingerprint density at radius 3 is 2.52 bits per heavy atom. The number of piperidine rings is 1. The maximum Gasteiger partial charge on any atom is 0.248 e. The van der Waals surface area contributed by atoms with Crippen molar-refractivity contribution in [3.8, 4) is 0 Å².